The highest BCUT2D eigenvalue weighted by atomic mass is 15.2. The molecule has 1 heterocycles. The first-order chi connectivity index (χ1) is 8.27. The number of hydrogen-bond acceptors (Lipinski definition) is 4. The lowest BCUT2D eigenvalue weighted by atomic mass is 10.1. The van der Waals surface area contributed by atoms with Crippen LogP contribution in [0.4, 0.5) is 11.6 Å². The lowest BCUT2D eigenvalue weighted by Gasteiger charge is -2.22. The number of nitrogens with zero attached hydrogens (tertiary/aromatic N) is 3. The van der Waals surface area contributed by atoms with E-state index in [1.165, 1.54) is 18.4 Å². The molecule has 1 aliphatic rings. The molecule has 0 atom stereocenters. The van der Waals surface area contributed by atoms with E-state index in [4.69, 9.17) is 0 Å². The van der Waals surface area contributed by atoms with Crippen molar-refractivity contribution in [3.8, 4) is 0 Å². The van der Waals surface area contributed by atoms with Gasteiger partial charge in [-0.25, -0.2) is 9.97 Å². The summed E-state index contributed by atoms with van der Waals surface area (Å²) in [7, 11) is 2.15. The van der Waals surface area contributed by atoms with Gasteiger partial charge in [0.05, 0.1) is 0 Å². The quantitative estimate of drug-likeness (QED) is 0.821. The summed E-state index contributed by atoms with van der Waals surface area (Å²) in [5, 5.41) is 3.34. The van der Waals surface area contributed by atoms with Crippen molar-refractivity contribution in [3.63, 3.8) is 0 Å². The fourth-order valence-electron chi connectivity index (χ4n) is 2.14. The van der Waals surface area contributed by atoms with Gasteiger partial charge >= 0.3 is 0 Å². The van der Waals surface area contributed by atoms with Gasteiger partial charge in [0.1, 0.15) is 18.0 Å². The Morgan fingerprint density at radius 3 is 2.71 bits per heavy atom. The maximum absolute atomic E-state index is 4.48. The second-order valence-electron chi connectivity index (χ2n) is 4.65. The second-order valence-corrected chi connectivity index (χ2v) is 4.65. The molecule has 4 heteroatoms. The summed E-state index contributed by atoms with van der Waals surface area (Å²) in [6.07, 6.45) is 6.42. The standard InChI is InChI=1S/C13H22N4/c1-4-6-11-12(14-5-2)15-9-16-13(11)17(3)10-7-8-10/h9-10H,4-8H2,1-3H3,(H,14,15,16). The van der Waals surface area contributed by atoms with Gasteiger partial charge in [-0.2, -0.15) is 0 Å². The molecular formula is C13H22N4. The van der Waals surface area contributed by atoms with Crippen LogP contribution in [0.1, 0.15) is 38.7 Å². The largest absolute Gasteiger partial charge is 0.370 e. The number of hydrogen-bond donors (Lipinski definition) is 1. The van der Waals surface area contributed by atoms with Gasteiger partial charge in [0, 0.05) is 25.2 Å². The van der Waals surface area contributed by atoms with E-state index < -0.39 is 0 Å². The highest BCUT2D eigenvalue weighted by molar-refractivity contribution is 5.59. The van der Waals surface area contributed by atoms with E-state index in [0.29, 0.717) is 6.04 Å². The molecular weight excluding hydrogens is 212 g/mol. The lowest BCUT2D eigenvalue weighted by molar-refractivity contribution is 0.839. The van der Waals surface area contributed by atoms with Gasteiger partial charge in [-0.1, -0.05) is 13.3 Å². The van der Waals surface area contributed by atoms with Crippen molar-refractivity contribution in [3.05, 3.63) is 11.9 Å². The van der Waals surface area contributed by atoms with E-state index in [-0.39, 0.29) is 0 Å². The number of rotatable bonds is 6. The molecule has 0 bridgehead atoms. The maximum Gasteiger partial charge on any atom is 0.137 e. The molecule has 0 aromatic carbocycles. The monoisotopic (exact) mass is 234 g/mol. The molecule has 4 nitrogen and oxygen atoms in total. The summed E-state index contributed by atoms with van der Waals surface area (Å²) in [6, 6.07) is 0.690. The number of nitrogens with one attached hydrogen (secondary N) is 1. The summed E-state index contributed by atoms with van der Waals surface area (Å²) in [5.41, 5.74) is 1.27. The summed E-state index contributed by atoms with van der Waals surface area (Å²) >= 11 is 0. The van der Waals surface area contributed by atoms with E-state index in [1.807, 2.05) is 0 Å². The van der Waals surface area contributed by atoms with Crippen LogP contribution in [0, 0.1) is 0 Å². The third-order valence-electron chi connectivity index (χ3n) is 3.20. The van der Waals surface area contributed by atoms with Crippen LogP contribution >= 0.6 is 0 Å². The smallest absolute Gasteiger partial charge is 0.137 e. The average molecular weight is 234 g/mol. The van der Waals surface area contributed by atoms with Gasteiger partial charge in [-0.15, -0.1) is 0 Å². The highest BCUT2D eigenvalue weighted by Crippen LogP contribution is 2.33. The van der Waals surface area contributed by atoms with E-state index >= 15 is 0 Å². The molecule has 17 heavy (non-hydrogen) atoms. The van der Waals surface area contributed by atoms with Gasteiger partial charge in [-0.05, 0) is 26.2 Å². The molecule has 1 aliphatic carbocycles. The first-order valence-electron chi connectivity index (χ1n) is 6.58. The average Bonchev–Trinajstić information content (AvgIpc) is 3.15. The van der Waals surface area contributed by atoms with E-state index in [9.17, 15) is 0 Å². The molecule has 1 fully saturated rings. The van der Waals surface area contributed by atoms with Gasteiger partial charge in [-0.3, -0.25) is 0 Å². The zero-order valence-electron chi connectivity index (χ0n) is 11.0. The molecule has 0 aliphatic heterocycles. The third kappa shape index (κ3) is 2.68. The Hall–Kier alpha value is -1.32. The molecule has 2 rings (SSSR count). The molecule has 1 saturated carbocycles. The fraction of sp³-hybridized carbons (Fsp3) is 0.692. The molecule has 1 aromatic rings. The topological polar surface area (TPSA) is 41.1 Å². The van der Waals surface area contributed by atoms with Crippen LogP contribution in [-0.2, 0) is 6.42 Å². The van der Waals surface area contributed by atoms with Crippen molar-refractivity contribution >= 4 is 11.6 Å². The number of aromatic nitrogens is 2. The highest BCUT2D eigenvalue weighted by Gasteiger charge is 2.29. The molecule has 0 unspecified atom stereocenters. The van der Waals surface area contributed by atoms with E-state index in [1.54, 1.807) is 6.33 Å². The summed E-state index contributed by atoms with van der Waals surface area (Å²) in [5.74, 6) is 2.12. The molecule has 1 aromatic heterocycles. The van der Waals surface area contributed by atoms with Crippen LogP contribution in [0.15, 0.2) is 6.33 Å². The Morgan fingerprint density at radius 2 is 2.12 bits per heavy atom. The predicted octanol–water partition coefficient (Wildman–Crippen LogP) is 2.46. The summed E-state index contributed by atoms with van der Waals surface area (Å²) < 4.78 is 0. The maximum atomic E-state index is 4.48. The van der Waals surface area contributed by atoms with Crippen LogP contribution in [0.25, 0.3) is 0 Å². The van der Waals surface area contributed by atoms with Crippen molar-refractivity contribution < 1.29 is 0 Å². The Balaban J connectivity index is 2.30. The third-order valence-corrected chi connectivity index (χ3v) is 3.20. The Labute approximate surface area is 103 Å². The van der Waals surface area contributed by atoms with Crippen molar-refractivity contribution in [2.75, 3.05) is 23.8 Å². The van der Waals surface area contributed by atoms with Crippen LogP contribution in [0.3, 0.4) is 0 Å². The first-order valence-corrected chi connectivity index (χ1v) is 6.58. The first kappa shape index (κ1) is 12.1. The Morgan fingerprint density at radius 1 is 1.35 bits per heavy atom. The van der Waals surface area contributed by atoms with Crippen molar-refractivity contribution in [1.82, 2.24) is 9.97 Å². The summed E-state index contributed by atoms with van der Waals surface area (Å²) in [6.45, 7) is 5.20. The predicted molar refractivity (Wildman–Crippen MR) is 71.6 cm³/mol. The zero-order chi connectivity index (χ0) is 12.3. The molecule has 0 saturated heterocycles. The van der Waals surface area contributed by atoms with Gasteiger partial charge in [0.15, 0.2) is 0 Å². The van der Waals surface area contributed by atoms with Crippen molar-refractivity contribution in [1.29, 1.82) is 0 Å². The Kier molecular flexibility index (Phi) is 3.82. The molecule has 94 valence electrons. The van der Waals surface area contributed by atoms with E-state index in [0.717, 1.165) is 31.0 Å². The molecule has 0 radical (unpaired) electrons. The molecule has 0 amide bonds. The van der Waals surface area contributed by atoms with Gasteiger partial charge in [0.25, 0.3) is 0 Å². The van der Waals surface area contributed by atoms with Crippen LogP contribution in [0.2, 0.25) is 0 Å². The summed E-state index contributed by atoms with van der Waals surface area (Å²) in [4.78, 5) is 11.2. The van der Waals surface area contributed by atoms with Crippen molar-refractivity contribution in [2.45, 2.75) is 45.6 Å². The van der Waals surface area contributed by atoms with E-state index in [2.05, 4.69) is 41.1 Å². The second kappa shape index (κ2) is 5.34. The van der Waals surface area contributed by atoms with Crippen LogP contribution < -0.4 is 10.2 Å². The minimum Gasteiger partial charge on any atom is -0.370 e. The van der Waals surface area contributed by atoms with Crippen molar-refractivity contribution in [2.24, 2.45) is 0 Å². The minimum absolute atomic E-state index is 0.690. The zero-order valence-corrected chi connectivity index (χ0v) is 11.0. The fourth-order valence-corrected chi connectivity index (χ4v) is 2.14. The lowest BCUT2D eigenvalue weighted by Crippen LogP contribution is -2.23. The number of anilines is 2. The van der Waals surface area contributed by atoms with Gasteiger partial charge in [0.2, 0.25) is 0 Å². The van der Waals surface area contributed by atoms with Gasteiger partial charge < -0.3 is 10.2 Å². The molecule has 0 spiro atoms. The van der Waals surface area contributed by atoms with Crippen LogP contribution in [-0.4, -0.2) is 29.6 Å². The van der Waals surface area contributed by atoms with Crippen LogP contribution in [0.5, 0.6) is 0 Å². The SMILES string of the molecule is CCCc1c(NCC)ncnc1N(C)C1CC1. The molecule has 1 N–H and O–H groups in total. The normalized spacial score (nSPS) is 14.8. The minimum atomic E-state index is 0.690. The Bertz CT molecular complexity index is 374.